The van der Waals surface area contributed by atoms with Crippen LogP contribution in [0.1, 0.15) is 74.1 Å². The molecule has 2 heteroatoms. The van der Waals surface area contributed by atoms with E-state index < -0.39 is 0 Å². The van der Waals surface area contributed by atoms with Crippen LogP contribution in [0.15, 0.2) is 49.1 Å². The first-order valence-corrected chi connectivity index (χ1v) is 11.8. The lowest BCUT2D eigenvalue weighted by Crippen LogP contribution is -2.29. The second kappa shape index (κ2) is 10.9. The van der Waals surface area contributed by atoms with E-state index in [0.717, 1.165) is 50.2 Å². The van der Waals surface area contributed by atoms with Crippen LogP contribution in [0.2, 0.25) is 5.02 Å². The number of fused-ring (bicyclic) bond motifs is 1. The maximum absolute atomic E-state index is 6.34. The van der Waals surface area contributed by atoms with Crippen LogP contribution in [0.4, 0.5) is 5.69 Å². The number of allylic oxidation sites excluding steroid dienone is 1. The van der Waals surface area contributed by atoms with Crippen LogP contribution in [0, 0.1) is 0 Å². The molecule has 1 aliphatic heterocycles. The summed E-state index contributed by atoms with van der Waals surface area (Å²) in [6.45, 7) is 10.6. The van der Waals surface area contributed by atoms with Crippen molar-refractivity contribution < 1.29 is 0 Å². The second-order valence-electron chi connectivity index (χ2n) is 8.38. The average molecular weight is 410 g/mol. The summed E-state index contributed by atoms with van der Waals surface area (Å²) in [4.78, 5) is 2.67. The molecule has 0 spiro atoms. The molecule has 29 heavy (non-hydrogen) atoms. The summed E-state index contributed by atoms with van der Waals surface area (Å²) in [6.07, 6.45) is 11.3. The quantitative estimate of drug-likeness (QED) is 0.302. The third-order valence-electron chi connectivity index (χ3n) is 6.25. The van der Waals surface area contributed by atoms with Gasteiger partial charge in [0.25, 0.3) is 0 Å². The van der Waals surface area contributed by atoms with Crippen molar-refractivity contribution in [2.75, 3.05) is 18.0 Å². The standard InChI is InChI=1S/C27H36ClN/c1-4-7-8-9-17-29-20-24(26-16-15-25(28)19-23(26)10-5-2)14-13-22-12-11-21(6-3)18-27(22)29/h4,11-12,15-16,18-19,24H,1,5-10,13-14,17,20H2,2-3H3. The van der Waals surface area contributed by atoms with Crippen LogP contribution in [-0.2, 0) is 19.3 Å². The Labute approximate surface area is 182 Å². The number of unbranched alkanes of at least 4 members (excludes halogenated alkanes) is 2. The van der Waals surface area contributed by atoms with Crippen molar-refractivity contribution >= 4 is 17.3 Å². The molecule has 1 atom stereocenters. The van der Waals surface area contributed by atoms with E-state index in [1.54, 1.807) is 0 Å². The van der Waals surface area contributed by atoms with E-state index in [9.17, 15) is 0 Å². The molecule has 2 aromatic rings. The van der Waals surface area contributed by atoms with Crippen molar-refractivity contribution in [2.45, 2.75) is 71.1 Å². The highest BCUT2D eigenvalue weighted by Gasteiger charge is 2.24. The third-order valence-corrected chi connectivity index (χ3v) is 6.49. The number of aryl methyl sites for hydroxylation is 3. The molecule has 0 saturated heterocycles. The number of hydrogen-bond acceptors (Lipinski definition) is 1. The number of rotatable bonds is 9. The fourth-order valence-corrected chi connectivity index (χ4v) is 4.83. The fraction of sp³-hybridized carbons (Fsp3) is 0.481. The highest BCUT2D eigenvalue weighted by Crippen LogP contribution is 2.36. The number of nitrogens with zero attached hydrogens (tertiary/aromatic N) is 1. The zero-order chi connectivity index (χ0) is 20.6. The maximum Gasteiger partial charge on any atom is 0.0408 e. The molecule has 0 fully saturated rings. The smallest absolute Gasteiger partial charge is 0.0408 e. The Morgan fingerprint density at radius 3 is 2.76 bits per heavy atom. The van der Waals surface area contributed by atoms with E-state index in [1.165, 1.54) is 47.2 Å². The van der Waals surface area contributed by atoms with Crippen LogP contribution >= 0.6 is 11.6 Å². The monoisotopic (exact) mass is 409 g/mol. The van der Waals surface area contributed by atoms with Crippen LogP contribution in [0.3, 0.4) is 0 Å². The van der Waals surface area contributed by atoms with Gasteiger partial charge in [0.1, 0.15) is 0 Å². The minimum Gasteiger partial charge on any atom is -0.371 e. The zero-order valence-electron chi connectivity index (χ0n) is 18.2. The highest BCUT2D eigenvalue weighted by molar-refractivity contribution is 6.30. The first-order valence-electron chi connectivity index (χ1n) is 11.4. The van der Waals surface area contributed by atoms with E-state index in [-0.39, 0.29) is 0 Å². The van der Waals surface area contributed by atoms with Gasteiger partial charge < -0.3 is 4.90 Å². The zero-order valence-corrected chi connectivity index (χ0v) is 19.0. The van der Waals surface area contributed by atoms with Gasteiger partial charge in [-0.05, 0) is 85.4 Å². The summed E-state index contributed by atoms with van der Waals surface area (Å²) in [7, 11) is 0. The van der Waals surface area contributed by atoms with Gasteiger partial charge in [-0.2, -0.15) is 0 Å². The number of halogens is 1. The summed E-state index contributed by atoms with van der Waals surface area (Å²) in [6, 6.07) is 13.7. The predicted octanol–water partition coefficient (Wildman–Crippen LogP) is 7.75. The molecule has 0 N–H and O–H groups in total. The summed E-state index contributed by atoms with van der Waals surface area (Å²) >= 11 is 6.34. The van der Waals surface area contributed by atoms with Crippen molar-refractivity contribution in [1.29, 1.82) is 0 Å². The molecule has 1 unspecified atom stereocenters. The van der Waals surface area contributed by atoms with Crippen LogP contribution in [-0.4, -0.2) is 13.1 Å². The minimum absolute atomic E-state index is 0.561. The molecule has 1 aliphatic rings. The van der Waals surface area contributed by atoms with Crippen LogP contribution in [0.5, 0.6) is 0 Å². The van der Waals surface area contributed by atoms with Gasteiger partial charge in [0.15, 0.2) is 0 Å². The van der Waals surface area contributed by atoms with Crippen molar-refractivity contribution in [3.63, 3.8) is 0 Å². The molecule has 2 aromatic carbocycles. The van der Waals surface area contributed by atoms with Gasteiger partial charge in [-0.3, -0.25) is 0 Å². The molecular weight excluding hydrogens is 374 g/mol. The molecule has 0 aliphatic carbocycles. The normalized spacial score (nSPS) is 16.4. The molecule has 0 amide bonds. The summed E-state index contributed by atoms with van der Waals surface area (Å²) in [5, 5.41) is 0.864. The first-order chi connectivity index (χ1) is 14.2. The molecule has 1 heterocycles. The topological polar surface area (TPSA) is 3.24 Å². The van der Waals surface area contributed by atoms with Crippen molar-refractivity contribution in [3.8, 4) is 0 Å². The van der Waals surface area contributed by atoms with Crippen molar-refractivity contribution in [1.82, 2.24) is 0 Å². The number of anilines is 1. The minimum atomic E-state index is 0.561. The van der Waals surface area contributed by atoms with Crippen molar-refractivity contribution in [3.05, 3.63) is 76.3 Å². The first kappa shape index (κ1) is 22.0. The number of benzene rings is 2. The highest BCUT2D eigenvalue weighted by atomic mass is 35.5. The maximum atomic E-state index is 6.34. The Kier molecular flexibility index (Phi) is 8.24. The Hall–Kier alpha value is -1.73. The van der Waals surface area contributed by atoms with E-state index in [2.05, 4.69) is 61.7 Å². The molecule has 0 saturated carbocycles. The van der Waals surface area contributed by atoms with E-state index in [0.29, 0.717) is 5.92 Å². The Bertz CT molecular complexity index is 810. The van der Waals surface area contributed by atoms with Gasteiger partial charge in [0.05, 0.1) is 0 Å². The summed E-state index contributed by atoms with van der Waals surface area (Å²) < 4.78 is 0. The number of hydrogen-bond donors (Lipinski definition) is 0. The largest absolute Gasteiger partial charge is 0.371 e. The predicted molar refractivity (Wildman–Crippen MR) is 129 cm³/mol. The van der Waals surface area contributed by atoms with Gasteiger partial charge in [0, 0.05) is 29.7 Å². The SMILES string of the molecule is C=CCCCCN1CC(c2ccc(Cl)cc2CCC)CCc2ccc(CC)cc21. The van der Waals surface area contributed by atoms with E-state index >= 15 is 0 Å². The molecule has 0 bridgehead atoms. The third kappa shape index (κ3) is 5.66. The van der Waals surface area contributed by atoms with E-state index in [4.69, 9.17) is 11.6 Å². The Morgan fingerprint density at radius 2 is 2.00 bits per heavy atom. The van der Waals surface area contributed by atoms with Gasteiger partial charge in [-0.25, -0.2) is 0 Å². The fourth-order valence-electron chi connectivity index (χ4n) is 4.64. The molecule has 0 aromatic heterocycles. The molecule has 1 nitrogen and oxygen atoms in total. The van der Waals surface area contributed by atoms with Crippen LogP contribution < -0.4 is 4.90 Å². The van der Waals surface area contributed by atoms with Crippen molar-refractivity contribution in [2.24, 2.45) is 0 Å². The lowest BCUT2D eigenvalue weighted by molar-refractivity contribution is 0.597. The lowest BCUT2D eigenvalue weighted by atomic mass is 9.88. The average Bonchev–Trinajstić information content (AvgIpc) is 2.91. The summed E-state index contributed by atoms with van der Waals surface area (Å²) in [5.41, 5.74) is 7.38. The van der Waals surface area contributed by atoms with Gasteiger partial charge >= 0.3 is 0 Å². The lowest BCUT2D eigenvalue weighted by Gasteiger charge is -2.29. The summed E-state index contributed by atoms with van der Waals surface area (Å²) in [5.74, 6) is 0.561. The van der Waals surface area contributed by atoms with Crippen LogP contribution in [0.25, 0.3) is 0 Å². The Morgan fingerprint density at radius 1 is 1.14 bits per heavy atom. The van der Waals surface area contributed by atoms with Gasteiger partial charge in [-0.15, -0.1) is 6.58 Å². The van der Waals surface area contributed by atoms with Gasteiger partial charge in [0.2, 0.25) is 0 Å². The van der Waals surface area contributed by atoms with Gasteiger partial charge in [-0.1, -0.05) is 56.1 Å². The Balaban J connectivity index is 1.90. The molecular formula is C27H36ClN. The molecule has 0 radical (unpaired) electrons. The molecule has 3 rings (SSSR count). The second-order valence-corrected chi connectivity index (χ2v) is 8.81. The molecule has 156 valence electrons. The van der Waals surface area contributed by atoms with E-state index in [1.807, 2.05) is 6.08 Å².